The molecule has 0 aliphatic carbocycles. The Morgan fingerprint density at radius 3 is 3.11 bits per heavy atom. The Morgan fingerprint density at radius 1 is 1.44 bits per heavy atom. The van der Waals surface area contributed by atoms with Crippen molar-refractivity contribution in [3.05, 3.63) is 29.8 Å². The molecule has 0 spiro atoms. The Bertz CT molecular complexity index is 489. The molecule has 0 unspecified atom stereocenters. The normalized spacial score (nSPS) is 9.33. The van der Waals surface area contributed by atoms with Crippen LogP contribution in [-0.4, -0.2) is 19.9 Å². The van der Waals surface area contributed by atoms with Gasteiger partial charge in [-0.1, -0.05) is 29.9 Å². The van der Waals surface area contributed by atoms with E-state index in [1.807, 2.05) is 24.3 Å². The van der Waals surface area contributed by atoms with Gasteiger partial charge < -0.3 is 4.74 Å². The predicted octanol–water partition coefficient (Wildman–Crippen LogP) is 1.84. The summed E-state index contributed by atoms with van der Waals surface area (Å²) >= 11 is 0. The zero-order chi connectivity index (χ0) is 13.1. The van der Waals surface area contributed by atoms with Gasteiger partial charge in [0.25, 0.3) is 0 Å². The Kier molecular flexibility index (Phi) is 6.63. The lowest BCUT2D eigenvalue weighted by Crippen LogP contribution is -2.05. The number of hydrazone groups is 1. The lowest BCUT2D eigenvalue weighted by molar-refractivity contribution is 0.414. The zero-order valence-electron chi connectivity index (χ0n) is 10.4. The van der Waals surface area contributed by atoms with Gasteiger partial charge in [-0.25, -0.2) is 0 Å². The molecule has 0 saturated carbocycles. The van der Waals surface area contributed by atoms with Gasteiger partial charge in [0.05, 0.1) is 20.1 Å². The molecular weight excluding hydrogens is 224 g/mol. The van der Waals surface area contributed by atoms with Crippen molar-refractivity contribution in [1.29, 1.82) is 0 Å². The predicted molar refractivity (Wildman–Crippen MR) is 74.4 cm³/mol. The summed E-state index contributed by atoms with van der Waals surface area (Å²) in [6.45, 7) is 0.510. The highest BCUT2D eigenvalue weighted by Crippen LogP contribution is 2.12. The fraction of sp³-hybridized carbons (Fsp3) is 0.267. The highest BCUT2D eigenvalue weighted by atomic mass is 16.5. The molecule has 1 aromatic carbocycles. The van der Waals surface area contributed by atoms with E-state index >= 15 is 0 Å². The summed E-state index contributed by atoms with van der Waals surface area (Å²) in [5.41, 5.74) is 3.99. The minimum Gasteiger partial charge on any atom is -0.497 e. The van der Waals surface area contributed by atoms with E-state index in [1.165, 1.54) is 0 Å². The third-order valence-electron chi connectivity index (χ3n) is 2.13. The van der Waals surface area contributed by atoms with Gasteiger partial charge >= 0.3 is 0 Å². The fourth-order valence-electron chi connectivity index (χ4n) is 1.28. The third-order valence-corrected chi connectivity index (χ3v) is 2.13. The van der Waals surface area contributed by atoms with Crippen LogP contribution in [0.3, 0.4) is 0 Å². The second-order valence-electron chi connectivity index (χ2n) is 3.44. The summed E-state index contributed by atoms with van der Waals surface area (Å²) in [6, 6.07) is 7.89. The summed E-state index contributed by atoms with van der Waals surface area (Å²) in [7, 11) is 1.66. The van der Waals surface area contributed by atoms with Crippen LogP contribution in [0.4, 0.5) is 0 Å². The van der Waals surface area contributed by atoms with E-state index in [9.17, 15) is 0 Å². The first-order chi connectivity index (χ1) is 8.86. The number of hydrogen-bond donors (Lipinski definition) is 1. The van der Waals surface area contributed by atoms with Gasteiger partial charge in [-0.3, -0.25) is 5.43 Å². The number of rotatable bonds is 5. The van der Waals surface area contributed by atoms with Crippen LogP contribution in [0.25, 0.3) is 0 Å². The molecule has 92 valence electrons. The van der Waals surface area contributed by atoms with Gasteiger partial charge in [-0.2, -0.15) is 5.10 Å². The second-order valence-corrected chi connectivity index (χ2v) is 3.44. The molecule has 1 N–H and O–H groups in total. The molecule has 0 bridgehead atoms. The summed E-state index contributed by atoms with van der Waals surface area (Å²) in [5.74, 6) is 8.99. The van der Waals surface area contributed by atoms with Crippen molar-refractivity contribution in [2.24, 2.45) is 5.10 Å². The molecule has 3 nitrogen and oxygen atoms in total. The van der Waals surface area contributed by atoms with Crippen LogP contribution in [0.5, 0.6) is 5.75 Å². The SMILES string of the molecule is C#CCC#CCN/N=C/Cc1cccc(OC)c1. The summed E-state index contributed by atoms with van der Waals surface area (Å²) < 4.78 is 5.14. The topological polar surface area (TPSA) is 33.6 Å². The highest BCUT2D eigenvalue weighted by Gasteiger charge is 1.93. The maximum atomic E-state index is 5.14. The number of nitrogens with zero attached hydrogens (tertiary/aromatic N) is 1. The molecule has 0 aromatic heterocycles. The smallest absolute Gasteiger partial charge is 0.119 e. The van der Waals surface area contributed by atoms with Crippen molar-refractivity contribution < 1.29 is 4.74 Å². The molecule has 0 heterocycles. The minimum absolute atomic E-state index is 0.481. The number of hydrogen-bond acceptors (Lipinski definition) is 3. The second kappa shape index (κ2) is 8.73. The van der Waals surface area contributed by atoms with Crippen LogP contribution in [0.2, 0.25) is 0 Å². The van der Waals surface area contributed by atoms with Crippen LogP contribution in [0.1, 0.15) is 12.0 Å². The molecule has 0 aliphatic heterocycles. The highest BCUT2D eigenvalue weighted by molar-refractivity contribution is 5.61. The standard InChI is InChI=1S/C15H16N2O/c1-3-4-5-6-11-16-17-12-10-14-8-7-9-15(13-14)18-2/h1,7-9,12-13,16H,4,10-11H2,2H3/b17-12+. The summed E-state index contributed by atoms with van der Waals surface area (Å²) in [6.07, 6.45) is 8.10. The van der Waals surface area contributed by atoms with Crippen LogP contribution in [-0.2, 0) is 6.42 Å². The van der Waals surface area contributed by atoms with E-state index in [-0.39, 0.29) is 0 Å². The monoisotopic (exact) mass is 240 g/mol. The van der Waals surface area contributed by atoms with E-state index in [0.717, 1.165) is 17.7 Å². The van der Waals surface area contributed by atoms with Gasteiger partial charge in [0, 0.05) is 12.6 Å². The quantitative estimate of drug-likeness (QED) is 0.369. The molecule has 1 rings (SSSR count). The largest absolute Gasteiger partial charge is 0.497 e. The van der Waals surface area contributed by atoms with Crippen molar-refractivity contribution >= 4 is 6.21 Å². The summed E-state index contributed by atoms with van der Waals surface area (Å²) in [5, 5.41) is 4.05. The van der Waals surface area contributed by atoms with Crippen LogP contribution in [0, 0.1) is 24.2 Å². The first-order valence-corrected chi connectivity index (χ1v) is 5.63. The van der Waals surface area contributed by atoms with Gasteiger partial charge in [0.1, 0.15) is 5.75 Å². The van der Waals surface area contributed by atoms with Gasteiger partial charge in [0.2, 0.25) is 0 Å². The van der Waals surface area contributed by atoms with E-state index in [4.69, 9.17) is 11.2 Å². The van der Waals surface area contributed by atoms with E-state index in [2.05, 4.69) is 28.3 Å². The van der Waals surface area contributed by atoms with Gasteiger partial charge in [-0.05, 0) is 17.7 Å². The molecular formula is C15H16N2O. The van der Waals surface area contributed by atoms with E-state index < -0.39 is 0 Å². The number of methoxy groups -OCH3 is 1. The molecule has 0 aliphatic rings. The number of terminal acetylenes is 1. The zero-order valence-corrected chi connectivity index (χ0v) is 10.4. The van der Waals surface area contributed by atoms with Crippen molar-refractivity contribution in [3.8, 4) is 29.9 Å². The maximum Gasteiger partial charge on any atom is 0.119 e. The van der Waals surface area contributed by atoms with Gasteiger partial charge in [-0.15, -0.1) is 6.42 Å². The molecule has 1 aromatic rings. The first kappa shape index (κ1) is 13.7. The lowest BCUT2D eigenvalue weighted by atomic mass is 10.1. The first-order valence-electron chi connectivity index (χ1n) is 5.63. The third kappa shape index (κ3) is 5.63. The maximum absolute atomic E-state index is 5.14. The molecule has 0 fully saturated rings. The van der Waals surface area contributed by atoms with Gasteiger partial charge in [0.15, 0.2) is 0 Å². The van der Waals surface area contributed by atoms with Crippen molar-refractivity contribution in [2.75, 3.05) is 13.7 Å². The fourth-order valence-corrected chi connectivity index (χ4v) is 1.28. The number of ether oxygens (including phenoxy) is 1. The van der Waals surface area contributed by atoms with E-state index in [1.54, 1.807) is 13.3 Å². The number of nitrogens with one attached hydrogen (secondary N) is 1. The van der Waals surface area contributed by atoms with Crippen LogP contribution >= 0.6 is 0 Å². The molecule has 0 atom stereocenters. The summed E-state index contributed by atoms with van der Waals surface area (Å²) in [4.78, 5) is 0. The number of benzene rings is 1. The van der Waals surface area contributed by atoms with E-state index in [0.29, 0.717) is 13.0 Å². The Morgan fingerprint density at radius 2 is 2.33 bits per heavy atom. The molecule has 18 heavy (non-hydrogen) atoms. The Hall–Kier alpha value is -2.39. The van der Waals surface area contributed by atoms with Crippen molar-refractivity contribution in [3.63, 3.8) is 0 Å². The minimum atomic E-state index is 0.481. The molecule has 0 saturated heterocycles. The lowest BCUT2D eigenvalue weighted by Gasteiger charge is -2.01. The van der Waals surface area contributed by atoms with Crippen LogP contribution in [0.15, 0.2) is 29.4 Å². The van der Waals surface area contributed by atoms with Crippen LogP contribution < -0.4 is 10.2 Å². The average Bonchev–Trinajstić information content (AvgIpc) is 2.42. The van der Waals surface area contributed by atoms with Crippen molar-refractivity contribution in [1.82, 2.24) is 5.43 Å². The molecule has 0 amide bonds. The molecule has 0 radical (unpaired) electrons. The Balaban J connectivity index is 2.28. The Labute approximate surface area is 108 Å². The average molecular weight is 240 g/mol. The molecule has 3 heteroatoms. The van der Waals surface area contributed by atoms with Crippen molar-refractivity contribution in [2.45, 2.75) is 12.8 Å².